The average Bonchev–Trinajstić information content (AvgIpc) is 3.34. The Bertz CT molecular complexity index is 601. The molecule has 5 nitrogen and oxygen atoms in total. The second kappa shape index (κ2) is 5.94. The first-order valence-electron chi connectivity index (χ1n) is 7.63. The molecule has 0 aromatic heterocycles. The molecule has 1 aliphatic heterocycles. The SMILES string of the molecule is O=C(Nc1ccc(O)cc1F)[C@@H]1CCCN(C(=O)C2CC2)C1. The molecule has 2 N–H and O–H groups in total. The van der Waals surface area contributed by atoms with Crippen LogP contribution in [-0.4, -0.2) is 34.9 Å². The number of amides is 2. The lowest BCUT2D eigenvalue weighted by Crippen LogP contribution is -2.44. The van der Waals surface area contributed by atoms with Gasteiger partial charge in [0.15, 0.2) is 0 Å². The van der Waals surface area contributed by atoms with Gasteiger partial charge in [0.05, 0.1) is 11.6 Å². The third-order valence-corrected chi connectivity index (χ3v) is 4.24. The number of piperidine rings is 1. The largest absolute Gasteiger partial charge is 0.508 e. The Morgan fingerprint density at radius 1 is 1.23 bits per heavy atom. The minimum atomic E-state index is -0.671. The second-order valence-corrected chi connectivity index (χ2v) is 6.05. The van der Waals surface area contributed by atoms with E-state index in [1.807, 2.05) is 0 Å². The van der Waals surface area contributed by atoms with Crippen molar-refractivity contribution in [2.45, 2.75) is 25.7 Å². The highest BCUT2D eigenvalue weighted by Crippen LogP contribution is 2.32. The first-order valence-corrected chi connectivity index (χ1v) is 7.63. The van der Waals surface area contributed by atoms with E-state index in [4.69, 9.17) is 0 Å². The molecule has 1 heterocycles. The topological polar surface area (TPSA) is 69.6 Å². The number of benzene rings is 1. The highest BCUT2D eigenvalue weighted by atomic mass is 19.1. The van der Waals surface area contributed by atoms with Gasteiger partial charge in [0.1, 0.15) is 11.6 Å². The molecule has 22 heavy (non-hydrogen) atoms. The van der Waals surface area contributed by atoms with Gasteiger partial charge in [-0.15, -0.1) is 0 Å². The normalized spacial score (nSPS) is 21.5. The highest BCUT2D eigenvalue weighted by Gasteiger charge is 2.36. The van der Waals surface area contributed by atoms with Crippen LogP contribution in [0.5, 0.6) is 5.75 Å². The van der Waals surface area contributed by atoms with Gasteiger partial charge in [0.25, 0.3) is 0 Å². The fourth-order valence-corrected chi connectivity index (χ4v) is 2.82. The predicted octanol–water partition coefficient (Wildman–Crippen LogP) is 2.12. The summed E-state index contributed by atoms with van der Waals surface area (Å²) in [5, 5.41) is 11.7. The average molecular weight is 306 g/mol. The zero-order valence-corrected chi connectivity index (χ0v) is 12.2. The summed E-state index contributed by atoms with van der Waals surface area (Å²) < 4.78 is 13.7. The molecule has 1 saturated heterocycles. The highest BCUT2D eigenvalue weighted by molar-refractivity contribution is 5.93. The summed E-state index contributed by atoms with van der Waals surface area (Å²) in [5.74, 6) is -1.16. The van der Waals surface area contributed by atoms with Crippen molar-refractivity contribution in [3.05, 3.63) is 24.0 Å². The summed E-state index contributed by atoms with van der Waals surface area (Å²) in [7, 11) is 0. The van der Waals surface area contributed by atoms with Gasteiger partial charge in [0, 0.05) is 25.1 Å². The van der Waals surface area contributed by atoms with E-state index in [9.17, 15) is 19.1 Å². The number of halogens is 1. The predicted molar refractivity (Wildman–Crippen MR) is 78.7 cm³/mol. The van der Waals surface area contributed by atoms with Crippen LogP contribution in [0.25, 0.3) is 0 Å². The fourth-order valence-electron chi connectivity index (χ4n) is 2.82. The molecule has 0 spiro atoms. The van der Waals surface area contributed by atoms with Crippen LogP contribution in [0.2, 0.25) is 0 Å². The summed E-state index contributed by atoms with van der Waals surface area (Å²) >= 11 is 0. The quantitative estimate of drug-likeness (QED) is 0.840. The number of nitrogens with zero attached hydrogens (tertiary/aromatic N) is 1. The van der Waals surface area contributed by atoms with Crippen molar-refractivity contribution in [1.82, 2.24) is 4.90 Å². The van der Waals surface area contributed by atoms with Crippen molar-refractivity contribution >= 4 is 17.5 Å². The molecular weight excluding hydrogens is 287 g/mol. The van der Waals surface area contributed by atoms with Crippen LogP contribution in [0.1, 0.15) is 25.7 Å². The molecule has 1 aromatic carbocycles. The summed E-state index contributed by atoms with van der Waals surface area (Å²) in [6, 6.07) is 3.61. The zero-order valence-electron chi connectivity index (χ0n) is 12.2. The summed E-state index contributed by atoms with van der Waals surface area (Å²) in [5.41, 5.74) is 0.0495. The number of likely N-dealkylation sites (tertiary alicyclic amines) is 1. The number of aromatic hydroxyl groups is 1. The standard InChI is InChI=1S/C16H19FN2O3/c17-13-8-12(20)5-6-14(13)18-15(21)11-2-1-7-19(9-11)16(22)10-3-4-10/h5-6,8,10-11,20H,1-4,7,9H2,(H,18,21)/t11-/m1/s1. The monoisotopic (exact) mass is 306 g/mol. The van der Waals surface area contributed by atoms with Gasteiger partial charge in [-0.3, -0.25) is 9.59 Å². The number of rotatable bonds is 3. The zero-order chi connectivity index (χ0) is 15.7. The molecule has 118 valence electrons. The summed E-state index contributed by atoms with van der Waals surface area (Å²) in [6.07, 6.45) is 3.38. The van der Waals surface area contributed by atoms with Crippen LogP contribution in [0.15, 0.2) is 18.2 Å². The number of phenolic OH excluding ortho intramolecular Hbond substituents is 1. The molecule has 1 aromatic rings. The lowest BCUT2D eigenvalue weighted by atomic mass is 9.96. The Labute approximate surface area is 128 Å². The van der Waals surface area contributed by atoms with Crippen molar-refractivity contribution in [1.29, 1.82) is 0 Å². The van der Waals surface area contributed by atoms with E-state index < -0.39 is 5.82 Å². The minimum Gasteiger partial charge on any atom is -0.508 e. The van der Waals surface area contributed by atoms with Gasteiger partial charge in [-0.2, -0.15) is 0 Å². The minimum absolute atomic E-state index is 0.0495. The van der Waals surface area contributed by atoms with Crippen molar-refractivity contribution in [2.75, 3.05) is 18.4 Å². The first kappa shape index (κ1) is 14.8. The van der Waals surface area contributed by atoms with Crippen molar-refractivity contribution < 1.29 is 19.1 Å². The third-order valence-electron chi connectivity index (χ3n) is 4.24. The van der Waals surface area contributed by atoms with Gasteiger partial charge in [-0.25, -0.2) is 4.39 Å². The van der Waals surface area contributed by atoms with Crippen molar-refractivity contribution in [3.8, 4) is 5.75 Å². The van der Waals surface area contributed by atoms with Crippen LogP contribution < -0.4 is 5.32 Å². The molecule has 2 amide bonds. The van der Waals surface area contributed by atoms with E-state index >= 15 is 0 Å². The number of hydrogen-bond acceptors (Lipinski definition) is 3. The van der Waals surface area contributed by atoms with Gasteiger partial charge < -0.3 is 15.3 Å². The van der Waals surface area contributed by atoms with Crippen LogP contribution in [-0.2, 0) is 9.59 Å². The van der Waals surface area contributed by atoms with Crippen molar-refractivity contribution in [2.24, 2.45) is 11.8 Å². The molecule has 6 heteroatoms. The maximum atomic E-state index is 13.7. The molecule has 2 fully saturated rings. The molecule has 2 aliphatic rings. The van der Waals surface area contributed by atoms with Gasteiger partial charge in [-0.1, -0.05) is 0 Å². The lowest BCUT2D eigenvalue weighted by Gasteiger charge is -2.32. The summed E-state index contributed by atoms with van der Waals surface area (Å²) in [4.78, 5) is 26.1. The van der Waals surface area contributed by atoms with Gasteiger partial charge in [-0.05, 0) is 37.8 Å². The van der Waals surface area contributed by atoms with Crippen molar-refractivity contribution in [3.63, 3.8) is 0 Å². The summed E-state index contributed by atoms with van der Waals surface area (Å²) in [6.45, 7) is 1.10. The number of anilines is 1. The molecular formula is C16H19FN2O3. The molecule has 1 atom stereocenters. The fraction of sp³-hybridized carbons (Fsp3) is 0.500. The first-order chi connectivity index (χ1) is 10.5. The van der Waals surface area contributed by atoms with E-state index in [0.29, 0.717) is 19.5 Å². The number of carbonyl (C=O) groups is 2. The van der Waals surface area contributed by atoms with E-state index in [-0.39, 0.29) is 35.1 Å². The third kappa shape index (κ3) is 3.21. The van der Waals surface area contributed by atoms with E-state index in [0.717, 1.165) is 25.3 Å². The molecule has 1 aliphatic carbocycles. The second-order valence-electron chi connectivity index (χ2n) is 6.05. The van der Waals surface area contributed by atoms with E-state index in [1.54, 1.807) is 4.90 Å². The van der Waals surface area contributed by atoms with Crippen LogP contribution in [0.3, 0.4) is 0 Å². The Kier molecular flexibility index (Phi) is 4.00. The van der Waals surface area contributed by atoms with Gasteiger partial charge >= 0.3 is 0 Å². The Hall–Kier alpha value is -2.11. The van der Waals surface area contributed by atoms with E-state index in [1.165, 1.54) is 12.1 Å². The number of carbonyl (C=O) groups excluding carboxylic acids is 2. The Morgan fingerprint density at radius 2 is 2.00 bits per heavy atom. The van der Waals surface area contributed by atoms with E-state index in [2.05, 4.69) is 5.32 Å². The maximum absolute atomic E-state index is 13.7. The molecule has 0 bridgehead atoms. The number of phenols is 1. The smallest absolute Gasteiger partial charge is 0.229 e. The molecule has 0 unspecified atom stereocenters. The Morgan fingerprint density at radius 3 is 2.68 bits per heavy atom. The lowest BCUT2D eigenvalue weighted by molar-refractivity contribution is -0.135. The molecule has 0 radical (unpaired) electrons. The van der Waals surface area contributed by atoms with Crippen LogP contribution in [0.4, 0.5) is 10.1 Å². The van der Waals surface area contributed by atoms with Gasteiger partial charge in [0.2, 0.25) is 11.8 Å². The number of hydrogen-bond donors (Lipinski definition) is 2. The Balaban J connectivity index is 1.62. The number of nitrogens with one attached hydrogen (secondary N) is 1. The van der Waals surface area contributed by atoms with Crippen LogP contribution >= 0.6 is 0 Å². The molecule has 3 rings (SSSR count). The maximum Gasteiger partial charge on any atom is 0.229 e. The van der Waals surface area contributed by atoms with Crippen LogP contribution in [0, 0.1) is 17.7 Å². The molecule has 1 saturated carbocycles.